The smallest absolute Gasteiger partial charge is 0.256 e. The van der Waals surface area contributed by atoms with Gasteiger partial charge in [-0.1, -0.05) is 12.1 Å². The molecule has 46 heavy (non-hydrogen) atoms. The van der Waals surface area contributed by atoms with Gasteiger partial charge in [-0.25, -0.2) is 4.98 Å². The number of hydrogen-bond donors (Lipinski definition) is 0. The van der Waals surface area contributed by atoms with Gasteiger partial charge in [-0.05, 0) is 68.1 Å². The van der Waals surface area contributed by atoms with E-state index in [0.29, 0.717) is 41.9 Å². The van der Waals surface area contributed by atoms with Crippen LogP contribution in [-0.4, -0.2) is 104 Å². The lowest BCUT2D eigenvalue weighted by atomic mass is 10.1. The zero-order valence-corrected chi connectivity index (χ0v) is 26.4. The molecule has 0 spiro atoms. The molecule has 1 unspecified atom stereocenters. The molecular formula is C36H41N5O5. The number of piperazine rings is 1. The second-order valence-electron chi connectivity index (χ2n) is 12.1. The van der Waals surface area contributed by atoms with E-state index < -0.39 is 0 Å². The van der Waals surface area contributed by atoms with Gasteiger partial charge in [0.15, 0.2) is 17.1 Å². The minimum Gasteiger partial charge on any atom is -0.494 e. The maximum atomic E-state index is 13.1. The van der Waals surface area contributed by atoms with E-state index in [-0.39, 0.29) is 11.9 Å². The summed E-state index contributed by atoms with van der Waals surface area (Å²) in [5.74, 6) is 2.72. The number of oxazole rings is 1. The zero-order valence-electron chi connectivity index (χ0n) is 26.4. The molecule has 4 aromatic rings. The first-order valence-corrected chi connectivity index (χ1v) is 16.4. The molecule has 1 atom stereocenters. The van der Waals surface area contributed by atoms with Gasteiger partial charge in [-0.15, -0.1) is 0 Å². The van der Waals surface area contributed by atoms with Gasteiger partial charge in [0.05, 0.1) is 37.6 Å². The van der Waals surface area contributed by atoms with Crippen LogP contribution in [0.1, 0.15) is 36.0 Å². The maximum Gasteiger partial charge on any atom is 0.256 e. The molecule has 0 bridgehead atoms. The molecule has 10 heteroatoms. The van der Waals surface area contributed by atoms with Crippen molar-refractivity contribution in [2.45, 2.75) is 31.7 Å². The Bertz CT molecular complexity index is 1650. The highest BCUT2D eigenvalue weighted by Gasteiger charge is 2.32. The second kappa shape index (κ2) is 13.9. The highest BCUT2D eigenvalue weighted by Crippen LogP contribution is 2.38. The van der Waals surface area contributed by atoms with Gasteiger partial charge in [-0.3, -0.25) is 9.79 Å². The van der Waals surface area contributed by atoms with Crippen LogP contribution in [0.2, 0.25) is 0 Å². The second-order valence-corrected chi connectivity index (χ2v) is 12.1. The van der Waals surface area contributed by atoms with E-state index in [2.05, 4.69) is 19.8 Å². The molecule has 7 rings (SSSR count). The molecule has 1 aromatic heterocycles. The van der Waals surface area contributed by atoms with E-state index in [1.54, 1.807) is 13.2 Å². The van der Waals surface area contributed by atoms with E-state index in [1.807, 2.05) is 65.7 Å². The van der Waals surface area contributed by atoms with Crippen molar-refractivity contribution in [1.29, 1.82) is 0 Å². The number of methoxy groups -OCH3 is 1. The summed E-state index contributed by atoms with van der Waals surface area (Å²) in [6, 6.07) is 19.5. The number of fused-ring (bicyclic) bond motifs is 3. The fourth-order valence-electron chi connectivity index (χ4n) is 6.49. The Kier molecular flexibility index (Phi) is 9.16. The largest absolute Gasteiger partial charge is 0.494 e. The minimum atomic E-state index is 0.0230. The van der Waals surface area contributed by atoms with Crippen molar-refractivity contribution < 1.29 is 23.4 Å². The Morgan fingerprint density at radius 3 is 2.35 bits per heavy atom. The summed E-state index contributed by atoms with van der Waals surface area (Å²) in [5, 5.41) is 0. The molecule has 3 aromatic carbocycles. The summed E-state index contributed by atoms with van der Waals surface area (Å²) in [5.41, 5.74) is 3.84. The number of hydrogen-bond acceptors (Lipinski definition) is 9. The molecule has 3 aliphatic rings. The monoisotopic (exact) mass is 623 g/mol. The van der Waals surface area contributed by atoms with Gasteiger partial charge < -0.3 is 33.3 Å². The Morgan fingerprint density at radius 1 is 0.870 bits per heavy atom. The topological polar surface area (TPSA) is 92.9 Å². The number of benzene rings is 3. The van der Waals surface area contributed by atoms with Crippen LogP contribution in [-0.2, 0) is 0 Å². The van der Waals surface area contributed by atoms with E-state index >= 15 is 0 Å². The molecule has 10 nitrogen and oxygen atoms in total. The SMILES string of the molecule is COc1cc2c(cc1OCCCN1CCN(CCCOc3ccc(-c4nc5ccccc5o4)cc3)CC1)N=CC1CCCN1C2=O. The van der Waals surface area contributed by atoms with Crippen molar-refractivity contribution in [2.24, 2.45) is 4.99 Å². The first-order valence-electron chi connectivity index (χ1n) is 16.4. The Morgan fingerprint density at radius 2 is 1.61 bits per heavy atom. The minimum absolute atomic E-state index is 0.0230. The number of rotatable bonds is 12. The molecule has 3 aliphatic heterocycles. The lowest BCUT2D eigenvalue weighted by molar-refractivity contribution is 0.0774. The van der Waals surface area contributed by atoms with Gasteiger partial charge in [0, 0.05) is 63.7 Å². The summed E-state index contributed by atoms with van der Waals surface area (Å²) in [4.78, 5) is 29.2. The molecule has 2 fully saturated rings. The highest BCUT2D eigenvalue weighted by atomic mass is 16.5. The molecule has 240 valence electrons. The third kappa shape index (κ3) is 6.73. The van der Waals surface area contributed by atoms with Gasteiger partial charge in [0.1, 0.15) is 11.3 Å². The van der Waals surface area contributed by atoms with Crippen LogP contribution in [0.4, 0.5) is 5.69 Å². The number of carbonyl (C=O) groups excluding carboxylic acids is 1. The van der Waals surface area contributed by atoms with E-state index in [1.165, 1.54) is 0 Å². The van der Waals surface area contributed by atoms with Crippen molar-refractivity contribution in [3.63, 3.8) is 0 Å². The molecule has 0 saturated carbocycles. The van der Waals surface area contributed by atoms with E-state index in [4.69, 9.17) is 18.6 Å². The average Bonchev–Trinajstić information content (AvgIpc) is 3.73. The molecule has 1 amide bonds. The average molecular weight is 624 g/mol. The molecule has 0 N–H and O–H groups in total. The predicted octanol–water partition coefficient (Wildman–Crippen LogP) is 5.68. The van der Waals surface area contributed by atoms with Crippen molar-refractivity contribution in [1.82, 2.24) is 19.7 Å². The van der Waals surface area contributed by atoms with Crippen molar-refractivity contribution in [2.75, 3.05) is 66.1 Å². The van der Waals surface area contributed by atoms with Crippen LogP contribution in [0.25, 0.3) is 22.6 Å². The molecule has 0 aliphatic carbocycles. The Labute approximate surface area is 269 Å². The third-order valence-corrected chi connectivity index (χ3v) is 9.08. The number of carbonyl (C=O) groups is 1. The summed E-state index contributed by atoms with van der Waals surface area (Å²) in [6.45, 7) is 8.27. The lowest BCUT2D eigenvalue weighted by Gasteiger charge is -2.34. The Hall–Kier alpha value is -4.41. The van der Waals surface area contributed by atoms with Crippen LogP contribution in [0.15, 0.2) is 70.1 Å². The number of ether oxygens (including phenoxy) is 3. The molecular weight excluding hydrogens is 582 g/mol. The lowest BCUT2D eigenvalue weighted by Crippen LogP contribution is -2.47. The third-order valence-electron chi connectivity index (χ3n) is 9.08. The number of nitrogens with zero attached hydrogens (tertiary/aromatic N) is 5. The fraction of sp³-hybridized carbons (Fsp3) is 0.417. The zero-order chi connectivity index (χ0) is 31.3. The molecule has 2 saturated heterocycles. The van der Waals surface area contributed by atoms with Gasteiger partial charge in [0.25, 0.3) is 5.91 Å². The van der Waals surface area contributed by atoms with Gasteiger partial charge in [-0.2, -0.15) is 0 Å². The van der Waals surface area contributed by atoms with Gasteiger partial charge >= 0.3 is 0 Å². The first-order chi connectivity index (χ1) is 22.6. The quantitative estimate of drug-likeness (QED) is 0.186. The number of aromatic nitrogens is 1. The summed E-state index contributed by atoms with van der Waals surface area (Å²) >= 11 is 0. The van der Waals surface area contributed by atoms with Crippen LogP contribution < -0.4 is 14.2 Å². The molecule has 0 radical (unpaired) electrons. The standard InChI is InChI=1S/C36H41N5O5/c1-43-33-23-29-31(37-25-27-7-4-16-41(27)36(29)42)24-34(33)45-22-6-15-40-19-17-39(18-20-40)14-5-21-44-28-12-10-26(11-13-28)35-38-30-8-2-3-9-32(30)46-35/h2-3,8-13,23-25,27H,4-7,14-22H2,1H3. The maximum absolute atomic E-state index is 13.1. The summed E-state index contributed by atoms with van der Waals surface area (Å²) < 4.78 is 23.6. The normalized spacial score (nSPS) is 18.4. The van der Waals surface area contributed by atoms with E-state index in [9.17, 15) is 4.79 Å². The van der Waals surface area contributed by atoms with Gasteiger partial charge in [0.2, 0.25) is 5.89 Å². The summed E-state index contributed by atoms with van der Waals surface area (Å²) in [7, 11) is 1.61. The van der Waals surface area contributed by atoms with Crippen LogP contribution in [0.5, 0.6) is 17.2 Å². The highest BCUT2D eigenvalue weighted by molar-refractivity contribution is 6.03. The Balaban J connectivity index is 0.799. The fourth-order valence-corrected chi connectivity index (χ4v) is 6.49. The number of aliphatic imine (C=N–C) groups is 1. The van der Waals surface area contributed by atoms with Crippen molar-refractivity contribution >= 4 is 28.9 Å². The summed E-state index contributed by atoms with van der Waals surface area (Å²) in [6.07, 6.45) is 5.78. The van der Waals surface area contributed by atoms with Crippen LogP contribution in [0, 0.1) is 0 Å². The van der Waals surface area contributed by atoms with Crippen molar-refractivity contribution in [3.05, 3.63) is 66.2 Å². The van der Waals surface area contributed by atoms with Crippen LogP contribution >= 0.6 is 0 Å². The first kappa shape index (κ1) is 30.3. The number of para-hydroxylation sites is 2. The van der Waals surface area contributed by atoms with Crippen LogP contribution in [0.3, 0.4) is 0 Å². The van der Waals surface area contributed by atoms with Crippen molar-refractivity contribution in [3.8, 4) is 28.7 Å². The predicted molar refractivity (Wildman–Crippen MR) is 178 cm³/mol. The number of amides is 1. The van der Waals surface area contributed by atoms with E-state index in [0.717, 1.165) is 93.9 Å². The molecule has 4 heterocycles.